The number of rotatable bonds is 2. The predicted molar refractivity (Wildman–Crippen MR) is 61.4 cm³/mol. The zero-order valence-electron chi connectivity index (χ0n) is 8.73. The van der Waals surface area contributed by atoms with E-state index in [1.165, 1.54) is 0 Å². The van der Waals surface area contributed by atoms with E-state index in [2.05, 4.69) is 30.0 Å². The maximum absolute atomic E-state index is 13.3. The summed E-state index contributed by atoms with van der Waals surface area (Å²) < 4.78 is 78.3. The Morgan fingerprint density at radius 2 is 1.37 bits per heavy atom. The average molecular weight is 324 g/mol. The van der Waals surface area contributed by atoms with E-state index in [4.69, 9.17) is 11.5 Å². The summed E-state index contributed by atoms with van der Waals surface area (Å²) in [5.74, 6) is -2.40. The molecule has 1 rings (SSSR count). The number of anilines is 2. The molecular weight excluding hydrogens is 318 g/mol. The Bertz CT molecular complexity index is 490. The molecule has 0 aromatic heterocycles. The van der Waals surface area contributed by atoms with Crippen molar-refractivity contribution in [2.75, 3.05) is 11.5 Å². The molecule has 108 valence electrons. The van der Waals surface area contributed by atoms with Crippen LogP contribution in [0.4, 0.5) is 37.7 Å². The van der Waals surface area contributed by atoms with Crippen LogP contribution in [0.2, 0.25) is 0 Å². The average Bonchev–Trinajstić information content (AvgIpc) is 2.28. The van der Waals surface area contributed by atoms with Crippen LogP contribution in [0.5, 0.6) is 5.75 Å². The standard InChI is InChI=1S/C8H6F6N2OS2/c9-1-2(15)6(19)4(3(16)5(1)18)17-8(13,14)7(10,11)12/h18-19H,15-16H2. The van der Waals surface area contributed by atoms with Gasteiger partial charge < -0.3 is 16.2 Å². The lowest BCUT2D eigenvalue weighted by Crippen LogP contribution is -2.42. The van der Waals surface area contributed by atoms with Crippen LogP contribution in [0.1, 0.15) is 0 Å². The van der Waals surface area contributed by atoms with E-state index in [1.807, 2.05) is 0 Å². The molecule has 0 saturated heterocycles. The normalized spacial score (nSPS) is 12.6. The van der Waals surface area contributed by atoms with Crippen molar-refractivity contribution in [1.29, 1.82) is 0 Å². The lowest BCUT2D eigenvalue weighted by atomic mass is 10.2. The number of hydrogen-bond acceptors (Lipinski definition) is 5. The van der Waals surface area contributed by atoms with E-state index in [1.54, 1.807) is 0 Å². The van der Waals surface area contributed by atoms with Gasteiger partial charge in [0.05, 0.1) is 21.2 Å². The molecule has 0 heterocycles. The van der Waals surface area contributed by atoms with Gasteiger partial charge in [0.25, 0.3) is 0 Å². The molecule has 1 aromatic rings. The first kappa shape index (κ1) is 16.0. The van der Waals surface area contributed by atoms with Crippen molar-refractivity contribution >= 4 is 36.6 Å². The first-order chi connectivity index (χ1) is 8.40. The number of nitrogens with two attached hydrogens (primary N) is 2. The van der Waals surface area contributed by atoms with Crippen molar-refractivity contribution in [2.24, 2.45) is 0 Å². The molecule has 0 saturated carbocycles. The number of thiol groups is 2. The number of ether oxygens (including phenoxy) is 1. The molecule has 1 aromatic carbocycles. The van der Waals surface area contributed by atoms with Gasteiger partial charge in [-0.05, 0) is 0 Å². The minimum absolute atomic E-state index is 0.719. The van der Waals surface area contributed by atoms with Gasteiger partial charge in [0.1, 0.15) is 0 Å². The minimum atomic E-state index is -5.99. The third kappa shape index (κ3) is 2.76. The van der Waals surface area contributed by atoms with Crippen LogP contribution >= 0.6 is 25.3 Å². The number of alkyl halides is 5. The van der Waals surface area contributed by atoms with Gasteiger partial charge in [-0.3, -0.25) is 0 Å². The predicted octanol–water partition coefficient (Wildman–Crippen LogP) is 3.10. The van der Waals surface area contributed by atoms with Crippen LogP contribution in [-0.4, -0.2) is 12.3 Å². The molecule has 4 N–H and O–H groups in total. The first-order valence-corrected chi connectivity index (χ1v) is 5.21. The number of nitrogen functional groups attached to an aromatic ring is 2. The van der Waals surface area contributed by atoms with Gasteiger partial charge in [0.2, 0.25) is 0 Å². The maximum Gasteiger partial charge on any atom is 0.499 e. The second kappa shape index (κ2) is 4.78. The Kier molecular flexibility index (Phi) is 4.01. The molecule has 3 nitrogen and oxygen atoms in total. The summed E-state index contributed by atoms with van der Waals surface area (Å²) in [6.07, 6.45) is -11.5. The second-order valence-corrected chi connectivity index (χ2v) is 4.18. The summed E-state index contributed by atoms with van der Waals surface area (Å²) in [4.78, 5) is -1.50. The van der Waals surface area contributed by atoms with Crippen molar-refractivity contribution in [3.8, 4) is 5.75 Å². The molecule has 0 aliphatic rings. The number of hydrogen-bond donors (Lipinski definition) is 4. The zero-order valence-corrected chi connectivity index (χ0v) is 10.5. The molecule has 0 fully saturated rings. The van der Waals surface area contributed by atoms with Crippen LogP contribution < -0.4 is 16.2 Å². The summed E-state index contributed by atoms with van der Waals surface area (Å²) in [5.41, 5.74) is 8.59. The molecule has 11 heteroatoms. The highest BCUT2D eigenvalue weighted by molar-refractivity contribution is 7.81. The van der Waals surface area contributed by atoms with Crippen molar-refractivity contribution in [1.82, 2.24) is 0 Å². The highest BCUT2D eigenvalue weighted by atomic mass is 32.1. The molecule has 0 amide bonds. The van der Waals surface area contributed by atoms with Crippen LogP contribution in [0.15, 0.2) is 9.79 Å². The van der Waals surface area contributed by atoms with Gasteiger partial charge in [-0.2, -0.15) is 22.0 Å². The van der Waals surface area contributed by atoms with Crippen molar-refractivity contribution in [2.45, 2.75) is 22.1 Å². The highest BCUT2D eigenvalue weighted by Crippen LogP contribution is 2.46. The molecular formula is C8H6F6N2OS2. The fraction of sp³-hybridized carbons (Fsp3) is 0.250. The largest absolute Gasteiger partial charge is 0.499 e. The summed E-state index contributed by atoms with van der Waals surface area (Å²) in [6, 6.07) is 0. The van der Waals surface area contributed by atoms with Gasteiger partial charge in [-0.1, -0.05) is 0 Å². The van der Waals surface area contributed by atoms with Crippen molar-refractivity contribution < 1.29 is 31.1 Å². The molecule has 0 aliphatic heterocycles. The Labute approximate surface area is 113 Å². The van der Waals surface area contributed by atoms with Gasteiger partial charge in [0.15, 0.2) is 11.6 Å². The molecule has 0 aliphatic carbocycles. The quantitative estimate of drug-likeness (QED) is 0.384. The molecule has 19 heavy (non-hydrogen) atoms. The van der Waals surface area contributed by atoms with Gasteiger partial charge in [-0.15, -0.1) is 25.3 Å². The topological polar surface area (TPSA) is 61.3 Å². The Morgan fingerprint density at radius 1 is 0.895 bits per heavy atom. The van der Waals surface area contributed by atoms with Crippen molar-refractivity contribution in [3.05, 3.63) is 5.82 Å². The van der Waals surface area contributed by atoms with E-state index in [9.17, 15) is 26.3 Å². The van der Waals surface area contributed by atoms with E-state index in [0.29, 0.717) is 0 Å². The van der Waals surface area contributed by atoms with Crippen molar-refractivity contribution in [3.63, 3.8) is 0 Å². The summed E-state index contributed by atoms with van der Waals surface area (Å²) in [7, 11) is 0. The van der Waals surface area contributed by atoms with Gasteiger partial charge >= 0.3 is 12.3 Å². The van der Waals surface area contributed by atoms with Gasteiger partial charge in [0, 0.05) is 0 Å². The van der Waals surface area contributed by atoms with E-state index in [-0.39, 0.29) is 0 Å². The Balaban J connectivity index is 3.39. The molecule has 0 atom stereocenters. The third-order valence-electron chi connectivity index (χ3n) is 1.97. The van der Waals surface area contributed by atoms with Crippen LogP contribution in [0.25, 0.3) is 0 Å². The monoisotopic (exact) mass is 324 g/mol. The van der Waals surface area contributed by atoms with Crippen LogP contribution in [0.3, 0.4) is 0 Å². The maximum atomic E-state index is 13.3. The van der Waals surface area contributed by atoms with Crippen LogP contribution in [0, 0.1) is 5.82 Å². The number of benzene rings is 1. The van der Waals surface area contributed by atoms with Gasteiger partial charge in [-0.25, -0.2) is 4.39 Å². The van der Waals surface area contributed by atoms with E-state index < -0.39 is 45.0 Å². The zero-order chi connectivity index (χ0) is 15.2. The summed E-state index contributed by atoms with van der Waals surface area (Å²) in [5, 5.41) is 0. The highest BCUT2D eigenvalue weighted by Gasteiger charge is 2.61. The summed E-state index contributed by atoms with van der Waals surface area (Å²) >= 11 is 7.00. The van der Waals surface area contributed by atoms with E-state index in [0.717, 1.165) is 0 Å². The number of halogens is 6. The van der Waals surface area contributed by atoms with Crippen LogP contribution in [-0.2, 0) is 0 Å². The fourth-order valence-corrected chi connectivity index (χ4v) is 1.48. The molecule has 0 radical (unpaired) electrons. The fourth-order valence-electron chi connectivity index (χ4n) is 0.997. The Morgan fingerprint density at radius 3 is 1.79 bits per heavy atom. The summed E-state index contributed by atoms with van der Waals surface area (Å²) in [6.45, 7) is 0. The lowest BCUT2D eigenvalue weighted by Gasteiger charge is -2.23. The van der Waals surface area contributed by atoms with E-state index >= 15 is 0 Å². The molecule has 0 spiro atoms. The first-order valence-electron chi connectivity index (χ1n) is 4.32. The SMILES string of the molecule is Nc1c(F)c(S)c(N)c(OC(F)(F)C(F)(F)F)c1S. The molecule has 0 unspecified atom stereocenters. The lowest BCUT2D eigenvalue weighted by molar-refractivity contribution is -0.361. The minimum Gasteiger partial charge on any atom is -0.422 e. The third-order valence-corrected chi connectivity index (χ3v) is 2.86. The second-order valence-electron chi connectivity index (χ2n) is 3.28. The smallest absolute Gasteiger partial charge is 0.422 e. The Hall–Kier alpha value is -1.10. The molecule has 0 bridgehead atoms.